The predicted molar refractivity (Wildman–Crippen MR) is 59.5 cm³/mol. The van der Waals surface area contributed by atoms with Crippen molar-refractivity contribution in [3.63, 3.8) is 0 Å². The van der Waals surface area contributed by atoms with Gasteiger partial charge in [0.25, 0.3) is 0 Å². The van der Waals surface area contributed by atoms with Crippen LogP contribution in [0.1, 0.15) is 25.0 Å². The second-order valence-corrected chi connectivity index (χ2v) is 3.78. The summed E-state index contributed by atoms with van der Waals surface area (Å²) in [6.45, 7) is 4.18. The van der Waals surface area contributed by atoms with E-state index in [9.17, 15) is 0 Å². The van der Waals surface area contributed by atoms with Gasteiger partial charge < -0.3 is 5.32 Å². The topological polar surface area (TPSA) is 12.0 Å². The molecule has 0 atom stereocenters. The molecule has 2 heteroatoms. The highest BCUT2D eigenvalue weighted by molar-refractivity contribution is 7.80. The Hall–Kier alpha value is -1.15. The number of allylic oxidation sites excluding steroid dienone is 1. The molecule has 66 valence electrons. The van der Waals surface area contributed by atoms with Crippen molar-refractivity contribution >= 4 is 22.9 Å². The smallest absolute Gasteiger partial charge is 0.111 e. The number of hydrogen-bond donors (Lipinski definition) is 1. The fourth-order valence-electron chi connectivity index (χ4n) is 1.54. The molecule has 0 bridgehead atoms. The van der Waals surface area contributed by atoms with E-state index in [-0.39, 0.29) is 0 Å². The Labute approximate surface area is 83.5 Å². The first-order chi connectivity index (χ1) is 6.20. The molecule has 1 N–H and O–H groups in total. The van der Waals surface area contributed by atoms with Gasteiger partial charge in [0.1, 0.15) is 4.99 Å². The third-order valence-corrected chi connectivity index (χ3v) is 2.50. The van der Waals surface area contributed by atoms with Crippen molar-refractivity contribution in [2.45, 2.75) is 13.8 Å². The first-order valence-electron chi connectivity index (χ1n) is 4.28. The van der Waals surface area contributed by atoms with Crippen LogP contribution in [0.3, 0.4) is 0 Å². The molecule has 2 rings (SSSR count). The van der Waals surface area contributed by atoms with Crippen molar-refractivity contribution in [2.75, 3.05) is 0 Å². The summed E-state index contributed by atoms with van der Waals surface area (Å²) >= 11 is 5.22. The van der Waals surface area contributed by atoms with Gasteiger partial charge in [-0.2, -0.15) is 0 Å². The van der Waals surface area contributed by atoms with Crippen molar-refractivity contribution in [3.05, 3.63) is 41.0 Å². The highest BCUT2D eigenvalue weighted by atomic mass is 32.1. The average molecular weight is 189 g/mol. The van der Waals surface area contributed by atoms with Gasteiger partial charge in [0.2, 0.25) is 0 Å². The Kier molecular flexibility index (Phi) is 1.93. The second-order valence-electron chi connectivity index (χ2n) is 3.37. The van der Waals surface area contributed by atoms with E-state index in [0.29, 0.717) is 0 Å². The second kappa shape index (κ2) is 2.96. The number of hydrogen-bond acceptors (Lipinski definition) is 1. The normalized spacial score (nSPS) is 14.0. The summed E-state index contributed by atoms with van der Waals surface area (Å²) in [5.74, 6) is 0. The maximum absolute atomic E-state index is 5.22. The molecule has 0 radical (unpaired) electrons. The quantitative estimate of drug-likeness (QED) is 0.630. The highest BCUT2D eigenvalue weighted by Gasteiger charge is 2.19. The van der Waals surface area contributed by atoms with E-state index in [0.717, 1.165) is 10.6 Å². The molecule has 0 aliphatic carbocycles. The Morgan fingerprint density at radius 3 is 2.38 bits per heavy atom. The molecule has 1 aliphatic rings. The first kappa shape index (κ1) is 8.45. The van der Waals surface area contributed by atoms with Crippen LogP contribution in [-0.4, -0.2) is 4.99 Å². The standard InChI is InChI=1S/C11H11NS/c1-7(2)10-8-5-3-4-6-9(8)11(13)12-10/h3-6H,1-2H3,(H,12,13). The maximum Gasteiger partial charge on any atom is 0.111 e. The summed E-state index contributed by atoms with van der Waals surface area (Å²) in [5, 5.41) is 3.23. The summed E-state index contributed by atoms with van der Waals surface area (Å²) < 4.78 is 0. The largest absolute Gasteiger partial charge is 0.346 e. The Bertz CT molecular complexity index is 400. The van der Waals surface area contributed by atoms with Gasteiger partial charge >= 0.3 is 0 Å². The number of nitrogens with one attached hydrogen (secondary N) is 1. The summed E-state index contributed by atoms with van der Waals surface area (Å²) in [6.07, 6.45) is 0. The zero-order valence-electron chi connectivity index (χ0n) is 7.72. The molecule has 0 amide bonds. The molecule has 1 heterocycles. The molecular weight excluding hydrogens is 178 g/mol. The van der Waals surface area contributed by atoms with Crippen molar-refractivity contribution in [2.24, 2.45) is 0 Å². The van der Waals surface area contributed by atoms with Crippen LogP contribution < -0.4 is 5.32 Å². The third kappa shape index (κ3) is 1.27. The number of fused-ring (bicyclic) bond motifs is 1. The number of benzene rings is 1. The summed E-state index contributed by atoms with van der Waals surface area (Å²) in [5.41, 5.74) is 4.81. The van der Waals surface area contributed by atoms with E-state index in [2.05, 4.69) is 31.3 Å². The lowest BCUT2D eigenvalue weighted by Crippen LogP contribution is -2.11. The van der Waals surface area contributed by atoms with Crippen molar-refractivity contribution in [1.29, 1.82) is 0 Å². The first-order valence-corrected chi connectivity index (χ1v) is 4.69. The highest BCUT2D eigenvalue weighted by Crippen LogP contribution is 2.26. The Balaban J connectivity index is 2.67. The van der Waals surface area contributed by atoms with Gasteiger partial charge in [-0.15, -0.1) is 0 Å². The third-order valence-electron chi connectivity index (χ3n) is 2.18. The van der Waals surface area contributed by atoms with Crippen molar-refractivity contribution < 1.29 is 0 Å². The minimum atomic E-state index is 0.840. The summed E-state index contributed by atoms with van der Waals surface area (Å²) in [6, 6.07) is 8.21. The van der Waals surface area contributed by atoms with E-state index >= 15 is 0 Å². The molecule has 0 unspecified atom stereocenters. The lowest BCUT2D eigenvalue weighted by atomic mass is 10.1. The molecule has 0 saturated carbocycles. The van der Waals surface area contributed by atoms with Gasteiger partial charge in [0.15, 0.2) is 0 Å². The van der Waals surface area contributed by atoms with Crippen LogP contribution in [0.5, 0.6) is 0 Å². The maximum atomic E-state index is 5.22. The zero-order chi connectivity index (χ0) is 9.42. The van der Waals surface area contributed by atoms with Gasteiger partial charge in [-0.3, -0.25) is 0 Å². The molecule has 1 aliphatic heterocycles. The van der Waals surface area contributed by atoms with Crippen LogP contribution in [0.2, 0.25) is 0 Å². The number of thiocarbonyl (C=S) groups is 1. The van der Waals surface area contributed by atoms with Crippen LogP contribution >= 0.6 is 12.2 Å². The minimum Gasteiger partial charge on any atom is -0.346 e. The fourth-order valence-corrected chi connectivity index (χ4v) is 1.82. The van der Waals surface area contributed by atoms with E-state index in [1.807, 2.05) is 12.1 Å². The van der Waals surface area contributed by atoms with Crippen LogP contribution in [0, 0.1) is 0 Å². The van der Waals surface area contributed by atoms with Gasteiger partial charge in [-0.25, -0.2) is 0 Å². The summed E-state index contributed by atoms with van der Waals surface area (Å²) in [4.78, 5) is 0.840. The van der Waals surface area contributed by atoms with E-state index in [4.69, 9.17) is 12.2 Å². The minimum absolute atomic E-state index is 0.840. The Morgan fingerprint density at radius 2 is 1.77 bits per heavy atom. The average Bonchev–Trinajstić information content (AvgIpc) is 2.45. The molecule has 0 saturated heterocycles. The molecule has 0 aromatic heterocycles. The van der Waals surface area contributed by atoms with Crippen molar-refractivity contribution in [1.82, 2.24) is 5.32 Å². The molecule has 1 aromatic rings. The molecule has 1 nitrogen and oxygen atoms in total. The van der Waals surface area contributed by atoms with Gasteiger partial charge in [0, 0.05) is 16.8 Å². The van der Waals surface area contributed by atoms with Crippen LogP contribution in [0.15, 0.2) is 29.8 Å². The SMILES string of the molecule is CC(C)=C1NC(=S)c2ccccc21. The van der Waals surface area contributed by atoms with Gasteiger partial charge in [-0.1, -0.05) is 42.1 Å². The molecular formula is C11H11NS. The van der Waals surface area contributed by atoms with Crippen LogP contribution in [0.4, 0.5) is 0 Å². The molecule has 0 spiro atoms. The monoisotopic (exact) mass is 189 g/mol. The number of rotatable bonds is 0. The lowest BCUT2D eigenvalue weighted by molar-refractivity contribution is 1.28. The fraction of sp³-hybridized carbons (Fsp3) is 0.182. The molecule has 13 heavy (non-hydrogen) atoms. The van der Waals surface area contributed by atoms with Gasteiger partial charge in [-0.05, 0) is 13.8 Å². The lowest BCUT2D eigenvalue weighted by Gasteiger charge is -2.01. The van der Waals surface area contributed by atoms with Crippen LogP contribution in [0.25, 0.3) is 5.70 Å². The van der Waals surface area contributed by atoms with Crippen LogP contribution in [-0.2, 0) is 0 Å². The Morgan fingerprint density at radius 1 is 1.15 bits per heavy atom. The van der Waals surface area contributed by atoms with Crippen molar-refractivity contribution in [3.8, 4) is 0 Å². The predicted octanol–water partition coefficient (Wildman–Crippen LogP) is 2.72. The van der Waals surface area contributed by atoms with E-state index < -0.39 is 0 Å². The zero-order valence-corrected chi connectivity index (χ0v) is 8.53. The molecule has 0 fully saturated rings. The van der Waals surface area contributed by atoms with E-state index in [1.165, 1.54) is 16.8 Å². The molecule has 1 aromatic carbocycles. The van der Waals surface area contributed by atoms with Gasteiger partial charge in [0.05, 0.1) is 0 Å². The van der Waals surface area contributed by atoms with E-state index in [1.54, 1.807) is 0 Å². The summed E-state index contributed by atoms with van der Waals surface area (Å²) in [7, 11) is 0.